The van der Waals surface area contributed by atoms with Gasteiger partial charge in [0.2, 0.25) is 0 Å². The largest absolute Gasteiger partial charge is 0.347 e. The van der Waals surface area contributed by atoms with Gasteiger partial charge in [0.05, 0.1) is 18.2 Å². The van der Waals surface area contributed by atoms with Crippen molar-refractivity contribution >= 4 is 0 Å². The summed E-state index contributed by atoms with van der Waals surface area (Å²) in [5, 5.41) is 8.82. The maximum Gasteiger partial charge on any atom is 0.128 e. The number of nitrogens with two attached hydrogens (primary N) is 1. The molecule has 0 aliphatic heterocycles. The third-order valence-corrected chi connectivity index (χ3v) is 2.84. The van der Waals surface area contributed by atoms with Gasteiger partial charge in [0.25, 0.3) is 0 Å². The second-order valence-electron chi connectivity index (χ2n) is 4.08. The van der Waals surface area contributed by atoms with Crippen molar-refractivity contribution in [1.29, 1.82) is 5.26 Å². The number of nitriles is 1. The van der Waals surface area contributed by atoms with Crippen molar-refractivity contribution in [3.8, 4) is 6.07 Å². The van der Waals surface area contributed by atoms with Crippen molar-refractivity contribution in [2.75, 3.05) is 6.54 Å². The van der Waals surface area contributed by atoms with E-state index in [2.05, 4.69) is 0 Å². The molecule has 1 aromatic heterocycles. The van der Waals surface area contributed by atoms with Crippen LogP contribution in [0.25, 0.3) is 0 Å². The van der Waals surface area contributed by atoms with Crippen LogP contribution in [0.15, 0.2) is 36.5 Å². The Morgan fingerprint density at radius 3 is 2.89 bits per heavy atom. The second kappa shape index (κ2) is 5.48. The van der Waals surface area contributed by atoms with E-state index in [-0.39, 0.29) is 5.82 Å². The maximum atomic E-state index is 13.7. The molecule has 0 bridgehead atoms. The van der Waals surface area contributed by atoms with Crippen LogP contribution in [0.2, 0.25) is 0 Å². The topological polar surface area (TPSA) is 54.7 Å². The Bertz CT molecular complexity index is 581. The Balaban J connectivity index is 2.28. The van der Waals surface area contributed by atoms with Crippen LogP contribution >= 0.6 is 0 Å². The summed E-state index contributed by atoms with van der Waals surface area (Å²) in [5.74, 6) is -0.290. The van der Waals surface area contributed by atoms with Gasteiger partial charge in [-0.15, -0.1) is 0 Å². The smallest absolute Gasteiger partial charge is 0.128 e. The van der Waals surface area contributed by atoms with Crippen LogP contribution < -0.4 is 5.73 Å². The van der Waals surface area contributed by atoms with Gasteiger partial charge >= 0.3 is 0 Å². The Kier molecular flexibility index (Phi) is 3.75. The monoisotopic (exact) mass is 243 g/mol. The van der Waals surface area contributed by atoms with Crippen molar-refractivity contribution in [1.82, 2.24) is 4.57 Å². The number of benzene rings is 1. The predicted octanol–water partition coefficient (Wildman–Crippen LogP) is 2.05. The number of hydrogen-bond donors (Lipinski definition) is 1. The fraction of sp³-hybridized carbons (Fsp3) is 0.214. The van der Waals surface area contributed by atoms with Crippen molar-refractivity contribution in [2.24, 2.45) is 5.73 Å². The van der Waals surface area contributed by atoms with Gasteiger partial charge in [0, 0.05) is 17.5 Å². The molecular formula is C14H14FN3. The first kappa shape index (κ1) is 12.3. The normalized spacial score (nSPS) is 10.3. The van der Waals surface area contributed by atoms with Crippen molar-refractivity contribution in [3.05, 3.63) is 59.2 Å². The summed E-state index contributed by atoms with van der Waals surface area (Å²) in [6.07, 6.45) is 2.65. The summed E-state index contributed by atoms with van der Waals surface area (Å²) in [7, 11) is 0. The molecule has 92 valence electrons. The fourth-order valence-electron chi connectivity index (χ4n) is 1.93. The third-order valence-electron chi connectivity index (χ3n) is 2.84. The van der Waals surface area contributed by atoms with E-state index in [4.69, 9.17) is 11.0 Å². The van der Waals surface area contributed by atoms with Crippen molar-refractivity contribution in [3.63, 3.8) is 0 Å². The highest BCUT2D eigenvalue weighted by Gasteiger charge is 2.06. The SMILES string of the molecule is N#Cc1ccc(F)c(Cn2cccc2CCN)c1. The first-order valence-electron chi connectivity index (χ1n) is 5.77. The summed E-state index contributed by atoms with van der Waals surface area (Å²) in [6, 6.07) is 10.3. The molecule has 18 heavy (non-hydrogen) atoms. The first-order valence-corrected chi connectivity index (χ1v) is 5.77. The Morgan fingerprint density at radius 1 is 1.33 bits per heavy atom. The average Bonchev–Trinajstić information content (AvgIpc) is 2.80. The molecule has 0 aliphatic rings. The lowest BCUT2D eigenvalue weighted by molar-refractivity contribution is 0.595. The zero-order valence-corrected chi connectivity index (χ0v) is 9.94. The van der Waals surface area contributed by atoms with Gasteiger partial charge < -0.3 is 10.3 Å². The molecular weight excluding hydrogens is 229 g/mol. The van der Waals surface area contributed by atoms with E-state index in [0.717, 1.165) is 12.1 Å². The highest BCUT2D eigenvalue weighted by Crippen LogP contribution is 2.14. The van der Waals surface area contributed by atoms with Crippen molar-refractivity contribution < 1.29 is 4.39 Å². The number of hydrogen-bond acceptors (Lipinski definition) is 2. The quantitative estimate of drug-likeness (QED) is 0.893. The van der Waals surface area contributed by atoms with Gasteiger partial charge in [0.15, 0.2) is 0 Å². The van der Waals surface area contributed by atoms with E-state index in [1.165, 1.54) is 12.1 Å². The van der Waals surface area contributed by atoms with Crippen LogP contribution in [-0.2, 0) is 13.0 Å². The minimum Gasteiger partial charge on any atom is -0.347 e. The highest BCUT2D eigenvalue weighted by molar-refractivity contribution is 5.34. The second-order valence-corrected chi connectivity index (χ2v) is 4.08. The molecule has 0 atom stereocenters. The lowest BCUT2D eigenvalue weighted by Crippen LogP contribution is -2.10. The first-order chi connectivity index (χ1) is 8.74. The van der Waals surface area contributed by atoms with Gasteiger partial charge in [-0.2, -0.15) is 5.26 Å². The van der Waals surface area contributed by atoms with Crippen LogP contribution in [0.4, 0.5) is 4.39 Å². The number of halogens is 1. The van der Waals surface area contributed by atoms with E-state index >= 15 is 0 Å². The summed E-state index contributed by atoms with van der Waals surface area (Å²) >= 11 is 0. The lowest BCUT2D eigenvalue weighted by Gasteiger charge is -2.09. The van der Waals surface area contributed by atoms with Gasteiger partial charge in [-0.1, -0.05) is 0 Å². The van der Waals surface area contributed by atoms with Gasteiger partial charge in [-0.25, -0.2) is 4.39 Å². The van der Waals surface area contributed by atoms with Crippen LogP contribution in [0.1, 0.15) is 16.8 Å². The molecule has 1 heterocycles. The highest BCUT2D eigenvalue weighted by atomic mass is 19.1. The molecule has 0 unspecified atom stereocenters. The molecule has 0 aliphatic carbocycles. The predicted molar refractivity (Wildman–Crippen MR) is 67.4 cm³/mol. The summed E-state index contributed by atoms with van der Waals surface area (Å²) in [6.45, 7) is 0.981. The van der Waals surface area contributed by atoms with E-state index < -0.39 is 0 Å². The molecule has 1 aromatic carbocycles. The van der Waals surface area contributed by atoms with Crippen LogP contribution in [0.5, 0.6) is 0 Å². The Labute approximate surface area is 105 Å². The summed E-state index contributed by atoms with van der Waals surface area (Å²) in [4.78, 5) is 0. The van der Waals surface area contributed by atoms with E-state index in [1.807, 2.05) is 29.0 Å². The fourth-order valence-corrected chi connectivity index (χ4v) is 1.93. The van der Waals surface area contributed by atoms with E-state index in [1.54, 1.807) is 6.07 Å². The molecule has 3 nitrogen and oxygen atoms in total. The lowest BCUT2D eigenvalue weighted by atomic mass is 10.1. The molecule has 0 amide bonds. The molecule has 2 N–H and O–H groups in total. The van der Waals surface area contributed by atoms with E-state index in [9.17, 15) is 4.39 Å². The zero-order chi connectivity index (χ0) is 13.0. The molecule has 0 saturated carbocycles. The number of rotatable bonds is 4. The van der Waals surface area contributed by atoms with Crippen LogP contribution in [0.3, 0.4) is 0 Å². The molecule has 0 fully saturated rings. The number of aromatic nitrogens is 1. The van der Waals surface area contributed by atoms with Crippen LogP contribution in [-0.4, -0.2) is 11.1 Å². The third kappa shape index (κ3) is 2.58. The Morgan fingerprint density at radius 2 is 2.17 bits per heavy atom. The molecule has 0 saturated heterocycles. The van der Waals surface area contributed by atoms with Crippen molar-refractivity contribution in [2.45, 2.75) is 13.0 Å². The maximum absolute atomic E-state index is 13.7. The molecule has 0 radical (unpaired) electrons. The van der Waals surface area contributed by atoms with Gasteiger partial charge in [-0.05, 0) is 43.3 Å². The van der Waals surface area contributed by atoms with Gasteiger partial charge in [0.1, 0.15) is 5.82 Å². The van der Waals surface area contributed by atoms with E-state index in [0.29, 0.717) is 24.2 Å². The molecule has 2 rings (SSSR count). The van der Waals surface area contributed by atoms with Gasteiger partial charge in [-0.3, -0.25) is 0 Å². The number of nitrogens with zero attached hydrogens (tertiary/aromatic N) is 2. The zero-order valence-electron chi connectivity index (χ0n) is 9.94. The van der Waals surface area contributed by atoms with Crippen LogP contribution in [0, 0.1) is 17.1 Å². The molecule has 0 spiro atoms. The average molecular weight is 243 g/mol. The molecule has 2 aromatic rings. The minimum atomic E-state index is -0.290. The minimum absolute atomic E-state index is 0.290. The standard InChI is InChI=1S/C14H14FN3/c15-14-4-3-11(9-17)8-12(14)10-18-7-1-2-13(18)5-6-16/h1-4,7-8H,5-6,10,16H2. The summed E-state index contributed by atoms with van der Waals surface area (Å²) < 4.78 is 15.6. The molecule has 4 heteroatoms. The summed E-state index contributed by atoms with van der Waals surface area (Å²) in [5.41, 5.74) is 7.58. The Hall–Kier alpha value is -2.12.